The van der Waals surface area contributed by atoms with Crippen molar-refractivity contribution in [1.29, 1.82) is 0 Å². The first-order chi connectivity index (χ1) is 12.3. The number of halogens is 3. The number of benzene rings is 1. The van der Waals surface area contributed by atoms with Gasteiger partial charge in [0.25, 0.3) is 5.91 Å². The number of hydrogen-bond acceptors (Lipinski definition) is 4. The van der Waals surface area contributed by atoms with E-state index in [1.807, 2.05) is 17.4 Å². The predicted octanol–water partition coefficient (Wildman–Crippen LogP) is 2.25. The summed E-state index contributed by atoms with van der Waals surface area (Å²) >= 11 is 0. The number of carbonyl (C=O) groups excluding carboxylic acids is 1. The number of likely N-dealkylation sites (N-methyl/N-ethyl adjacent to an activating group) is 1. The number of aromatic nitrogens is 3. The first-order valence-electron chi connectivity index (χ1n) is 8.41. The predicted molar refractivity (Wildman–Crippen MR) is 89.1 cm³/mol. The van der Waals surface area contributed by atoms with Crippen molar-refractivity contribution in [2.45, 2.75) is 33.0 Å². The van der Waals surface area contributed by atoms with E-state index < -0.39 is 18.6 Å². The Morgan fingerprint density at radius 1 is 1.35 bits per heavy atom. The number of rotatable bonds is 4. The van der Waals surface area contributed by atoms with E-state index in [-0.39, 0.29) is 5.69 Å². The van der Waals surface area contributed by atoms with Crippen LogP contribution in [0.4, 0.5) is 13.2 Å². The minimum absolute atomic E-state index is 0.0992. The van der Waals surface area contributed by atoms with E-state index in [4.69, 9.17) is 0 Å². The average molecular weight is 367 g/mol. The number of amides is 1. The van der Waals surface area contributed by atoms with E-state index >= 15 is 0 Å². The molecule has 1 N–H and O–H groups in total. The fourth-order valence-corrected chi connectivity index (χ4v) is 3.15. The van der Waals surface area contributed by atoms with Crippen LogP contribution in [0.5, 0.6) is 0 Å². The molecule has 1 aliphatic rings. The number of nitrogens with zero attached hydrogens (tertiary/aromatic N) is 4. The lowest BCUT2D eigenvalue weighted by atomic mass is 9.97. The molecule has 9 heteroatoms. The van der Waals surface area contributed by atoms with E-state index in [0.29, 0.717) is 5.69 Å². The fourth-order valence-electron chi connectivity index (χ4n) is 3.15. The summed E-state index contributed by atoms with van der Waals surface area (Å²) in [5, 5.41) is 9.64. The molecule has 0 atom stereocenters. The highest BCUT2D eigenvalue weighted by atomic mass is 19.4. The molecule has 2 heterocycles. The summed E-state index contributed by atoms with van der Waals surface area (Å²) < 4.78 is 38.4. The third kappa shape index (κ3) is 3.72. The van der Waals surface area contributed by atoms with Gasteiger partial charge in [0.2, 0.25) is 0 Å². The van der Waals surface area contributed by atoms with Crippen molar-refractivity contribution >= 4 is 5.91 Å². The third-order valence-electron chi connectivity index (χ3n) is 4.55. The molecule has 0 spiro atoms. The standard InChI is InChI=1S/C17H20F3N5O/c1-3-24-8-7-13-12(9-24)5-4-6-14(13)25-11(2)15(22-23-25)16(26)21-10-17(18,19)20/h4-6H,3,7-10H2,1-2H3,(H,21,26). The molecular formula is C17H20F3N5O. The molecule has 2 aromatic rings. The number of fused-ring (bicyclic) bond motifs is 1. The van der Waals surface area contributed by atoms with Gasteiger partial charge in [0.1, 0.15) is 6.54 Å². The molecule has 1 amide bonds. The molecule has 140 valence electrons. The highest BCUT2D eigenvalue weighted by Crippen LogP contribution is 2.26. The molecule has 0 fully saturated rings. The molecule has 0 saturated carbocycles. The van der Waals surface area contributed by atoms with Crippen molar-refractivity contribution in [1.82, 2.24) is 25.2 Å². The summed E-state index contributed by atoms with van der Waals surface area (Å²) in [7, 11) is 0. The molecular weight excluding hydrogens is 347 g/mol. The maximum absolute atomic E-state index is 12.3. The summed E-state index contributed by atoms with van der Waals surface area (Å²) in [4.78, 5) is 14.3. The first-order valence-corrected chi connectivity index (χ1v) is 8.41. The van der Waals surface area contributed by atoms with Crippen LogP contribution >= 0.6 is 0 Å². The second kappa shape index (κ2) is 7.06. The summed E-state index contributed by atoms with van der Waals surface area (Å²) in [5.41, 5.74) is 3.45. The molecule has 0 bridgehead atoms. The van der Waals surface area contributed by atoms with Gasteiger partial charge in [-0.15, -0.1) is 5.10 Å². The van der Waals surface area contributed by atoms with Crippen molar-refractivity contribution in [2.75, 3.05) is 19.6 Å². The van der Waals surface area contributed by atoms with Gasteiger partial charge in [-0.2, -0.15) is 13.2 Å². The largest absolute Gasteiger partial charge is 0.405 e. The van der Waals surface area contributed by atoms with Gasteiger partial charge in [-0.1, -0.05) is 24.3 Å². The van der Waals surface area contributed by atoms with Crippen molar-refractivity contribution in [3.8, 4) is 5.69 Å². The van der Waals surface area contributed by atoms with E-state index in [0.717, 1.165) is 37.3 Å². The average Bonchev–Trinajstić information content (AvgIpc) is 2.99. The molecule has 3 rings (SSSR count). The van der Waals surface area contributed by atoms with Crippen molar-refractivity contribution in [3.63, 3.8) is 0 Å². The highest BCUT2D eigenvalue weighted by molar-refractivity contribution is 5.93. The van der Waals surface area contributed by atoms with Gasteiger partial charge >= 0.3 is 6.18 Å². The van der Waals surface area contributed by atoms with E-state index in [1.54, 1.807) is 6.92 Å². The lowest BCUT2D eigenvalue weighted by Crippen LogP contribution is -2.34. The summed E-state index contributed by atoms with van der Waals surface area (Å²) in [5.74, 6) is -0.881. The summed E-state index contributed by atoms with van der Waals surface area (Å²) in [6.45, 7) is 5.08. The monoisotopic (exact) mass is 367 g/mol. The van der Waals surface area contributed by atoms with Crippen molar-refractivity contribution < 1.29 is 18.0 Å². The van der Waals surface area contributed by atoms with Gasteiger partial charge in [0, 0.05) is 13.1 Å². The van der Waals surface area contributed by atoms with E-state index in [1.165, 1.54) is 10.2 Å². The van der Waals surface area contributed by atoms with Crippen LogP contribution in [0.1, 0.15) is 34.2 Å². The second-order valence-electron chi connectivity index (χ2n) is 6.27. The van der Waals surface area contributed by atoms with Crippen LogP contribution in [0.3, 0.4) is 0 Å². The van der Waals surface area contributed by atoms with Gasteiger partial charge in [-0.25, -0.2) is 4.68 Å². The zero-order valence-corrected chi connectivity index (χ0v) is 14.6. The zero-order chi connectivity index (χ0) is 18.9. The Labute approximate surface area is 149 Å². The molecule has 6 nitrogen and oxygen atoms in total. The normalized spacial score (nSPS) is 15.0. The smallest absolute Gasteiger partial charge is 0.341 e. The van der Waals surface area contributed by atoms with E-state index in [9.17, 15) is 18.0 Å². The molecule has 0 radical (unpaired) electrons. The topological polar surface area (TPSA) is 63.1 Å². The SMILES string of the molecule is CCN1CCc2c(cccc2-n2nnc(C(=O)NCC(F)(F)F)c2C)C1. The Morgan fingerprint density at radius 2 is 2.12 bits per heavy atom. The lowest BCUT2D eigenvalue weighted by molar-refractivity contribution is -0.123. The first kappa shape index (κ1) is 18.4. The van der Waals surface area contributed by atoms with Crippen molar-refractivity contribution in [3.05, 3.63) is 40.7 Å². The number of hydrogen-bond donors (Lipinski definition) is 1. The molecule has 1 aliphatic heterocycles. The van der Waals surface area contributed by atoms with Crippen LogP contribution in [0.2, 0.25) is 0 Å². The Bertz CT molecular complexity index is 815. The van der Waals surface area contributed by atoms with Gasteiger partial charge in [0.15, 0.2) is 5.69 Å². The van der Waals surface area contributed by atoms with Crippen LogP contribution in [0.15, 0.2) is 18.2 Å². The molecule has 1 aromatic carbocycles. The minimum Gasteiger partial charge on any atom is -0.341 e. The third-order valence-corrected chi connectivity index (χ3v) is 4.55. The zero-order valence-electron chi connectivity index (χ0n) is 14.6. The maximum Gasteiger partial charge on any atom is 0.405 e. The van der Waals surface area contributed by atoms with Crippen LogP contribution < -0.4 is 5.32 Å². The summed E-state index contributed by atoms with van der Waals surface area (Å²) in [6.07, 6.45) is -3.63. The van der Waals surface area contributed by atoms with Gasteiger partial charge < -0.3 is 5.32 Å². The van der Waals surface area contributed by atoms with Gasteiger partial charge in [-0.05, 0) is 37.1 Å². The molecule has 0 unspecified atom stereocenters. The van der Waals surface area contributed by atoms with E-state index in [2.05, 4.69) is 28.2 Å². The molecule has 0 saturated heterocycles. The molecule has 0 aliphatic carbocycles. The van der Waals surface area contributed by atoms with Crippen molar-refractivity contribution in [2.24, 2.45) is 0 Å². The van der Waals surface area contributed by atoms with Crippen LogP contribution in [0.25, 0.3) is 5.69 Å². The Kier molecular flexibility index (Phi) is 4.99. The van der Waals surface area contributed by atoms with Gasteiger partial charge in [0.05, 0.1) is 11.4 Å². The summed E-state index contributed by atoms with van der Waals surface area (Å²) in [6, 6.07) is 5.86. The molecule has 26 heavy (non-hydrogen) atoms. The maximum atomic E-state index is 12.3. The minimum atomic E-state index is -4.47. The van der Waals surface area contributed by atoms with Crippen LogP contribution in [0, 0.1) is 6.92 Å². The van der Waals surface area contributed by atoms with Crippen LogP contribution in [-0.2, 0) is 13.0 Å². The lowest BCUT2D eigenvalue weighted by Gasteiger charge is -2.29. The number of nitrogens with one attached hydrogen (secondary N) is 1. The fraction of sp³-hybridized carbons (Fsp3) is 0.471. The molecule has 1 aromatic heterocycles. The second-order valence-corrected chi connectivity index (χ2v) is 6.27. The highest BCUT2D eigenvalue weighted by Gasteiger charge is 2.29. The number of carbonyl (C=O) groups is 1. The Balaban J connectivity index is 1.88. The Hall–Kier alpha value is -2.42. The quantitative estimate of drug-likeness (QED) is 0.900. The van der Waals surface area contributed by atoms with Crippen LogP contribution in [-0.4, -0.2) is 51.6 Å². The van der Waals surface area contributed by atoms with Gasteiger partial charge in [-0.3, -0.25) is 9.69 Å². The number of alkyl halides is 3. The Morgan fingerprint density at radius 3 is 2.81 bits per heavy atom.